The van der Waals surface area contributed by atoms with Crippen LogP contribution in [0.15, 0.2) is 53.4 Å². The summed E-state index contributed by atoms with van der Waals surface area (Å²) >= 11 is 5.02. The zero-order chi connectivity index (χ0) is 21.0. The topological polar surface area (TPSA) is 118 Å². The van der Waals surface area contributed by atoms with Gasteiger partial charge < -0.3 is 14.6 Å². The van der Waals surface area contributed by atoms with Gasteiger partial charge in [0.2, 0.25) is 0 Å². The first-order chi connectivity index (χ1) is 13.8. The maximum atomic E-state index is 12.6. The Balaban J connectivity index is 1.70. The highest BCUT2D eigenvalue weighted by Gasteiger charge is 2.17. The van der Waals surface area contributed by atoms with Crippen LogP contribution in [0.2, 0.25) is 0 Å². The number of nitrogens with one attached hydrogen (secondary N) is 3. The Bertz CT molecular complexity index is 1180. The number of methoxy groups -OCH3 is 1. The van der Waals surface area contributed by atoms with Crippen LogP contribution in [0.1, 0.15) is 16.2 Å². The van der Waals surface area contributed by atoms with Crippen LogP contribution >= 0.6 is 12.2 Å². The second kappa shape index (κ2) is 8.45. The van der Waals surface area contributed by atoms with Gasteiger partial charge in [0.25, 0.3) is 15.9 Å². The molecule has 0 saturated carbocycles. The van der Waals surface area contributed by atoms with Crippen LogP contribution in [0.3, 0.4) is 0 Å². The second-order valence-electron chi connectivity index (χ2n) is 6.02. The molecule has 9 nitrogen and oxygen atoms in total. The number of benzene rings is 2. The monoisotopic (exact) mass is 433 g/mol. The van der Waals surface area contributed by atoms with E-state index in [1.54, 1.807) is 35.9 Å². The minimum atomic E-state index is -3.84. The fraction of sp³-hybridized carbons (Fsp3) is 0.167. The number of hydrogen-bond donors (Lipinski definition) is 3. The zero-order valence-electron chi connectivity index (χ0n) is 15.7. The summed E-state index contributed by atoms with van der Waals surface area (Å²) in [5.74, 6) is 0.616. The van der Waals surface area contributed by atoms with E-state index in [1.165, 1.54) is 31.4 Å². The molecule has 1 heterocycles. The summed E-state index contributed by atoms with van der Waals surface area (Å²) in [6.07, 6.45) is 0. The first kappa shape index (κ1) is 20.6. The number of carbonyl (C=O) groups is 1. The quantitative estimate of drug-likeness (QED) is 0.492. The van der Waals surface area contributed by atoms with Crippen molar-refractivity contribution in [3.05, 3.63) is 64.7 Å². The molecule has 0 aliphatic carbocycles. The van der Waals surface area contributed by atoms with Gasteiger partial charge in [-0.25, -0.2) is 8.42 Å². The lowest BCUT2D eigenvalue weighted by molar-refractivity contribution is 0.0949. The minimum Gasteiger partial charge on any atom is -0.495 e. The molecule has 11 heteroatoms. The third kappa shape index (κ3) is 4.63. The van der Waals surface area contributed by atoms with Gasteiger partial charge in [-0.15, -0.1) is 0 Å². The van der Waals surface area contributed by atoms with E-state index < -0.39 is 10.0 Å². The van der Waals surface area contributed by atoms with Gasteiger partial charge in [0.15, 0.2) is 10.6 Å². The van der Waals surface area contributed by atoms with Crippen molar-refractivity contribution in [3.63, 3.8) is 0 Å². The van der Waals surface area contributed by atoms with Crippen LogP contribution in [0, 0.1) is 4.77 Å². The summed E-state index contributed by atoms with van der Waals surface area (Å²) in [6.45, 7) is 0.178. The highest BCUT2D eigenvalue weighted by Crippen LogP contribution is 2.26. The molecule has 152 valence electrons. The molecular formula is C18H19N5O4S2. The van der Waals surface area contributed by atoms with Crippen molar-refractivity contribution >= 4 is 33.8 Å². The molecule has 0 radical (unpaired) electrons. The van der Waals surface area contributed by atoms with E-state index in [0.29, 0.717) is 27.6 Å². The van der Waals surface area contributed by atoms with E-state index in [0.717, 1.165) is 0 Å². The Morgan fingerprint density at radius 3 is 2.52 bits per heavy atom. The number of amides is 1. The lowest BCUT2D eigenvalue weighted by Crippen LogP contribution is -2.24. The number of aromatic amines is 1. The van der Waals surface area contributed by atoms with E-state index in [-0.39, 0.29) is 17.3 Å². The van der Waals surface area contributed by atoms with Gasteiger partial charge in [-0.2, -0.15) is 5.10 Å². The molecule has 0 aliphatic heterocycles. The third-order valence-electron chi connectivity index (χ3n) is 4.16. The Morgan fingerprint density at radius 1 is 1.21 bits per heavy atom. The molecule has 0 fully saturated rings. The number of anilines is 1. The van der Waals surface area contributed by atoms with E-state index in [1.807, 2.05) is 0 Å². The van der Waals surface area contributed by atoms with Crippen molar-refractivity contribution in [1.82, 2.24) is 20.1 Å². The number of sulfonamides is 1. The SMILES string of the molecule is COc1ccccc1NS(=O)(=O)c1ccc(C(=O)NCc2n[nH]c(=S)n2C)cc1. The molecule has 1 amide bonds. The number of ether oxygens (including phenoxy) is 1. The van der Waals surface area contributed by atoms with E-state index in [4.69, 9.17) is 17.0 Å². The fourth-order valence-corrected chi connectivity index (χ4v) is 3.74. The van der Waals surface area contributed by atoms with Crippen molar-refractivity contribution in [2.24, 2.45) is 7.05 Å². The molecule has 3 N–H and O–H groups in total. The molecule has 29 heavy (non-hydrogen) atoms. The Hall–Kier alpha value is -3.18. The molecule has 0 atom stereocenters. The maximum absolute atomic E-state index is 12.6. The van der Waals surface area contributed by atoms with Crippen molar-refractivity contribution in [2.45, 2.75) is 11.4 Å². The standard InChI is InChI=1S/C18H19N5O4S2/c1-23-16(20-21-18(23)28)11-19-17(24)12-7-9-13(10-8-12)29(25,26)22-14-5-3-4-6-15(14)27-2/h3-10,22H,11H2,1-2H3,(H,19,24)(H,21,28). The third-order valence-corrected chi connectivity index (χ3v) is 5.90. The molecule has 1 aromatic heterocycles. The molecule has 3 rings (SSSR count). The molecule has 3 aromatic rings. The van der Waals surface area contributed by atoms with Crippen molar-refractivity contribution in [2.75, 3.05) is 11.8 Å². The summed E-state index contributed by atoms with van der Waals surface area (Å²) in [7, 11) is -0.642. The van der Waals surface area contributed by atoms with Gasteiger partial charge in [0.05, 0.1) is 24.2 Å². The molecule has 0 unspecified atom stereocenters. The summed E-state index contributed by atoms with van der Waals surface area (Å²) in [6, 6.07) is 12.3. The van der Waals surface area contributed by atoms with Crippen LogP contribution in [0.25, 0.3) is 0 Å². The molecule has 0 bridgehead atoms. The van der Waals surface area contributed by atoms with Gasteiger partial charge in [-0.1, -0.05) is 12.1 Å². The van der Waals surface area contributed by atoms with Crippen LogP contribution in [0.4, 0.5) is 5.69 Å². The molecular weight excluding hydrogens is 414 g/mol. The number of nitrogens with zero attached hydrogens (tertiary/aromatic N) is 2. The molecule has 0 spiro atoms. The van der Waals surface area contributed by atoms with Crippen molar-refractivity contribution < 1.29 is 17.9 Å². The Labute approximate surface area is 172 Å². The lowest BCUT2D eigenvalue weighted by Gasteiger charge is -2.12. The van der Waals surface area contributed by atoms with Crippen molar-refractivity contribution in [3.8, 4) is 5.75 Å². The summed E-state index contributed by atoms with van der Waals surface area (Å²) in [4.78, 5) is 12.3. The van der Waals surface area contributed by atoms with Crippen LogP contribution in [-0.4, -0.2) is 36.2 Å². The average molecular weight is 434 g/mol. The largest absolute Gasteiger partial charge is 0.495 e. The van der Waals surface area contributed by atoms with E-state index >= 15 is 0 Å². The number of hydrogen-bond acceptors (Lipinski definition) is 6. The fourth-order valence-electron chi connectivity index (χ4n) is 2.52. The smallest absolute Gasteiger partial charge is 0.262 e. The predicted octanol–water partition coefficient (Wildman–Crippen LogP) is 2.22. The lowest BCUT2D eigenvalue weighted by atomic mass is 10.2. The van der Waals surface area contributed by atoms with Gasteiger partial charge >= 0.3 is 0 Å². The van der Waals surface area contributed by atoms with E-state index in [9.17, 15) is 13.2 Å². The van der Waals surface area contributed by atoms with Crippen LogP contribution in [-0.2, 0) is 23.6 Å². The van der Waals surface area contributed by atoms with Crippen molar-refractivity contribution in [1.29, 1.82) is 0 Å². The number of para-hydroxylation sites is 2. The number of aromatic nitrogens is 3. The number of rotatable bonds is 7. The maximum Gasteiger partial charge on any atom is 0.262 e. The second-order valence-corrected chi connectivity index (χ2v) is 8.09. The summed E-state index contributed by atoms with van der Waals surface area (Å²) < 4.78 is 35.0. The van der Waals surface area contributed by atoms with Crippen LogP contribution < -0.4 is 14.8 Å². The Kier molecular flexibility index (Phi) is 5.99. The molecule has 0 saturated heterocycles. The highest BCUT2D eigenvalue weighted by atomic mass is 32.2. The average Bonchev–Trinajstić information content (AvgIpc) is 3.04. The van der Waals surface area contributed by atoms with E-state index in [2.05, 4.69) is 20.2 Å². The van der Waals surface area contributed by atoms with Crippen LogP contribution in [0.5, 0.6) is 5.75 Å². The molecule has 2 aromatic carbocycles. The normalized spacial score (nSPS) is 11.1. The van der Waals surface area contributed by atoms with Gasteiger partial charge in [-0.3, -0.25) is 14.6 Å². The Morgan fingerprint density at radius 2 is 1.90 bits per heavy atom. The number of carbonyl (C=O) groups excluding carboxylic acids is 1. The summed E-state index contributed by atoms with van der Waals surface area (Å²) in [5.41, 5.74) is 0.642. The molecule has 0 aliphatic rings. The predicted molar refractivity (Wildman–Crippen MR) is 110 cm³/mol. The highest BCUT2D eigenvalue weighted by molar-refractivity contribution is 7.92. The first-order valence-corrected chi connectivity index (χ1v) is 10.4. The summed E-state index contributed by atoms with van der Waals surface area (Å²) in [5, 5.41) is 9.36. The first-order valence-electron chi connectivity index (χ1n) is 8.46. The van der Waals surface area contributed by atoms with Gasteiger partial charge in [0, 0.05) is 12.6 Å². The van der Waals surface area contributed by atoms with Gasteiger partial charge in [0.1, 0.15) is 5.75 Å². The van der Waals surface area contributed by atoms with Gasteiger partial charge in [-0.05, 0) is 48.6 Å². The minimum absolute atomic E-state index is 0.0226. The number of H-pyrrole nitrogens is 1. The zero-order valence-corrected chi connectivity index (χ0v) is 17.3.